The molecular formula is C14H25N3O3. The number of pyridine rings is 1. The second kappa shape index (κ2) is 9.52. The zero-order valence-corrected chi connectivity index (χ0v) is 12.6. The first-order chi connectivity index (χ1) is 9.76. The summed E-state index contributed by atoms with van der Waals surface area (Å²) >= 11 is 0. The number of nitrogens with zero attached hydrogens (tertiary/aromatic N) is 2. The van der Waals surface area contributed by atoms with Gasteiger partial charge in [0.1, 0.15) is 5.69 Å². The van der Waals surface area contributed by atoms with Crippen LogP contribution in [0.2, 0.25) is 0 Å². The van der Waals surface area contributed by atoms with Crippen LogP contribution in [0.4, 0.5) is 0 Å². The summed E-state index contributed by atoms with van der Waals surface area (Å²) in [4.78, 5) is 6.65. The molecule has 0 bridgehead atoms. The maximum Gasteiger partial charge on any atom is 0.183 e. The van der Waals surface area contributed by atoms with Gasteiger partial charge in [-0.3, -0.25) is 9.88 Å². The first-order valence-corrected chi connectivity index (χ1v) is 6.74. The molecule has 0 fully saturated rings. The van der Waals surface area contributed by atoms with Gasteiger partial charge in [-0.2, -0.15) is 0 Å². The quantitative estimate of drug-likeness (QED) is 0.688. The smallest absolute Gasteiger partial charge is 0.183 e. The highest BCUT2D eigenvalue weighted by Crippen LogP contribution is 2.29. The second-order valence-corrected chi connectivity index (χ2v) is 4.40. The monoisotopic (exact) mass is 283 g/mol. The van der Waals surface area contributed by atoms with Crippen LogP contribution in [0.5, 0.6) is 11.5 Å². The van der Waals surface area contributed by atoms with Crippen LogP contribution in [0.25, 0.3) is 0 Å². The van der Waals surface area contributed by atoms with Gasteiger partial charge in [0.15, 0.2) is 11.5 Å². The van der Waals surface area contributed by atoms with E-state index < -0.39 is 0 Å². The summed E-state index contributed by atoms with van der Waals surface area (Å²) in [6, 6.07) is 1.79. The Bertz CT molecular complexity index is 380. The standard InChI is InChI=1S/C14H25N3O3/c1-18-10-9-17(8-4-6-15)11-12-14(20-3)13(19-2)5-7-16-12/h5,7H,4,6,8-11,15H2,1-3H3. The maximum atomic E-state index is 5.58. The molecule has 0 saturated carbocycles. The Labute approximate surface area is 120 Å². The lowest BCUT2D eigenvalue weighted by atomic mass is 10.2. The number of nitrogens with two attached hydrogens (primary N) is 1. The third-order valence-electron chi connectivity index (χ3n) is 3.03. The highest BCUT2D eigenvalue weighted by molar-refractivity contribution is 5.42. The summed E-state index contributed by atoms with van der Waals surface area (Å²) in [7, 11) is 4.95. The molecule has 6 heteroatoms. The summed E-state index contributed by atoms with van der Waals surface area (Å²) in [6.07, 6.45) is 2.67. The Hall–Kier alpha value is -1.37. The van der Waals surface area contributed by atoms with Crippen molar-refractivity contribution in [1.82, 2.24) is 9.88 Å². The molecule has 0 unspecified atom stereocenters. The number of methoxy groups -OCH3 is 3. The molecule has 1 aromatic rings. The van der Waals surface area contributed by atoms with Gasteiger partial charge in [0.05, 0.1) is 20.8 Å². The van der Waals surface area contributed by atoms with Crippen molar-refractivity contribution in [2.24, 2.45) is 5.73 Å². The van der Waals surface area contributed by atoms with Gasteiger partial charge in [0.2, 0.25) is 0 Å². The largest absolute Gasteiger partial charge is 0.493 e. The molecule has 0 spiro atoms. The molecule has 2 N–H and O–H groups in total. The normalized spacial score (nSPS) is 10.8. The van der Waals surface area contributed by atoms with Crippen molar-refractivity contribution in [3.63, 3.8) is 0 Å². The minimum Gasteiger partial charge on any atom is -0.493 e. The topological polar surface area (TPSA) is 69.8 Å². The van der Waals surface area contributed by atoms with Crippen LogP contribution in [-0.2, 0) is 11.3 Å². The van der Waals surface area contributed by atoms with E-state index in [1.165, 1.54) is 0 Å². The van der Waals surface area contributed by atoms with E-state index in [0.717, 1.165) is 25.2 Å². The number of ether oxygens (including phenoxy) is 3. The van der Waals surface area contributed by atoms with Crippen LogP contribution in [0, 0.1) is 0 Å². The Morgan fingerprint density at radius 2 is 2.00 bits per heavy atom. The number of rotatable bonds is 10. The molecule has 0 amide bonds. The van der Waals surface area contributed by atoms with Gasteiger partial charge in [0, 0.05) is 32.5 Å². The van der Waals surface area contributed by atoms with Gasteiger partial charge in [-0.25, -0.2) is 0 Å². The molecule has 0 aromatic carbocycles. The SMILES string of the molecule is COCCN(CCCN)Cc1nccc(OC)c1OC. The second-order valence-electron chi connectivity index (χ2n) is 4.40. The fraction of sp³-hybridized carbons (Fsp3) is 0.643. The predicted octanol–water partition coefficient (Wildman–Crippen LogP) is 0.896. The van der Waals surface area contributed by atoms with E-state index in [0.29, 0.717) is 31.2 Å². The third-order valence-corrected chi connectivity index (χ3v) is 3.03. The fourth-order valence-corrected chi connectivity index (χ4v) is 1.98. The van der Waals surface area contributed by atoms with Crippen molar-refractivity contribution in [2.45, 2.75) is 13.0 Å². The van der Waals surface area contributed by atoms with Crippen molar-refractivity contribution in [3.05, 3.63) is 18.0 Å². The zero-order valence-electron chi connectivity index (χ0n) is 12.6. The van der Waals surface area contributed by atoms with Crippen molar-refractivity contribution in [2.75, 3.05) is 47.6 Å². The van der Waals surface area contributed by atoms with Crippen LogP contribution in [-0.4, -0.2) is 57.5 Å². The van der Waals surface area contributed by atoms with Crippen molar-refractivity contribution < 1.29 is 14.2 Å². The minimum atomic E-state index is 0.673. The third kappa shape index (κ3) is 4.96. The fourth-order valence-electron chi connectivity index (χ4n) is 1.98. The highest BCUT2D eigenvalue weighted by Gasteiger charge is 2.14. The number of hydrogen-bond acceptors (Lipinski definition) is 6. The van der Waals surface area contributed by atoms with Crippen LogP contribution >= 0.6 is 0 Å². The number of hydrogen-bond donors (Lipinski definition) is 1. The molecule has 20 heavy (non-hydrogen) atoms. The minimum absolute atomic E-state index is 0.673. The van der Waals surface area contributed by atoms with Crippen molar-refractivity contribution in [3.8, 4) is 11.5 Å². The highest BCUT2D eigenvalue weighted by atomic mass is 16.5. The molecule has 0 saturated heterocycles. The molecule has 0 radical (unpaired) electrons. The van der Waals surface area contributed by atoms with Gasteiger partial charge in [-0.15, -0.1) is 0 Å². The van der Waals surface area contributed by atoms with Crippen molar-refractivity contribution in [1.29, 1.82) is 0 Å². The molecule has 1 aromatic heterocycles. The molecule has 6 nitrogen and oxygen atoms in total. The summed E-state index contributed by atoms with van der Waals surface area (Å²) in [5, 5.41) is 0. The van der Waals surface area contributed by atoms with Crippen LogP contribution in [0.3, 0.4) is 0 Å². The maximum absolute atomic E-state index is 5.58. The molecule has 1 rings (SSSR count). The predicted molar refractivity (Wildman–Crippen MR) is 78.2 cm³/mol. The summed E-state index contributed by atoms with van der Waals surface area (Å²) in [5.74, 6) is 1.38. The van der Waals surface area contributed by atoms with Gasteiger partial charge in [0.25, 0.3) is 0 Å². The first kappa shape index (κ1) is 16.7. The van der Waals surface area contributed by atoms with E-state index in [2.05, 4.69) is 9.88 Å². The number of aromatic nitrogens is 1. The van der Waals surface area contributed by atoms with Gasteiger partial charge < -0.3 is 19.9 Å². The van der Waals surface area contributed by atoms with Crippen LogP contribution < -0.4 is 15.2 Å². The van der Waals surface area contributed by atoms with Crippen LogP contribution in [0.1, 0.15) is 12.1 Å². The van der Waals surface area contributed by atoms with E-state index in [4.69, 9.17) is 19.9 Å². The van der Waals surface area contributed by atoms with E-state index >= 15 is 0 Å². The summed E-state index contributed by atoms with van der Waals surface area (Å²) in [5.41, 5.74) is 6.44. The zero-order chi connectivity index (χ0) is 14.8. The van der Waals surface area contributed by atoms with Gasteiger partial charge >= 0.3 is 0 Å². The molecule has 0 aliphatic carbocycles. The van der Waals surface area contributed by atoms with E-state index in [1.807, 2.05) is 0 Å². The first-order valence-electron chi connectivity index (χ1n) is 6.74. The van der Waals surface area contributed by atoms with E-state index in [-0.39, 0.29) is 0 Å². The average Bonchev–Trinajstić information content (AvgIpc) is 2.49. The lowest BCUT2D eigenvalue weighted by molar-refractivity contribution is 0.142. The van der Waals surface area contributed by atoms with E-state index in [1.54, 1.807) is 33.6 Å². The van der Waals surface area contributed by atoms with Gasteiger partial charge in [-0.05, 0) is 19.5 Å². The lowest BCUT2D eigenvalue weighted by Crippen LogP contribution is -2.30. The Balaban J connectivity index is 2.80. The Morgan fingerprint density at radius 1 is 1.20 bits per heavy atom. The molecule has 0 atom stereocenters. The molecule has 1 heterocycles. The molecular weight excluding hydrogens is 258 g/mol. The Kier molecular flexibility index (Phi) is 7.94. The van der Waals surface area contributed by atoms with Crippen molar-refractivity contribution >= 4 is 0 Å². The Morgan fingerprint density at radius 3 is 2.60 bits per heavy atom. The van der Waals surface area contributed by atoms with E-state index in [9.17, 15) is 0 Å². The van der Waals surface area contributed by atoms with Gasteiger partial charge in [-0.1, -0.05) is 0 Å². The summed E-state index contributed by atoms with van der Waals surface area (Å²) < 4.78 is 15.8. The summed E-state index contributed by atoms with van der Waals surface area (Å²) in [6.45, 7) is 3.77. The van der Waals surface area contributed by atoms with Crippen LogP contribution in [0.15, 0.2) is 12.3 Å². The molecule has 114 valence electrons. The molecule has 0 aliphatic rings. The molecule has 0 aliphatic heterocycles. The average molecular weight is 283 g/mol. The lowest BCUT2D eigenvalue weighted by Gasteiger charge is -2.22.